The number of halogens is 2. The Bertz CT molecular complexity index is 426. The van der Waals surface area contributed by atoms with Crippen LogP contribution in [0, 0.1) is 11.2 Å². The lowest BCUT2D eigenvalue weighted by molar-refractivity contribution is 0.373. The van der Waals surface area contributed by atoms with Crippen molar-refractivity contribution in [3.8, 4) is 0 Å². The standard InChI is InChI=1S/C15H20FN.ClH/c1-15(2)9-4-3-6-12(15)11-17-14-8-5-7-13(16)10-14;/h5-8,10,17H,3-4,9,11H2,1-2H3;1H. The maximum atomic E-state index is 13.0. The molecule has 0 radical (unpaired) electrons. The van der Waals surface area contributed by atoms with E-state index in [1.54, 1.807) is 6.07 Å². The van der Waals surface area contributed by atoms with Gasteiger partial charge in [-0.2, -0.15) is 0 Å². The van der Waals surface area contributed by atoms with Crippen LogP contribution in [-0.2, 0) is 0 Å². The minimum Gasteiger partial charge on any atom is -0.381 e. The minimum atomic E-state index is -0.188. The van der Waals surface area contributed by atoms with Gasteiger partial charge in [-0.3, -0.25) is 0 Å². The summed E-state index contributed by atoms with van der Waals surface area (Å²) in [6.45, 7) is 5.38. The average molecular weight is 270 g/mol. The van der Waals surface area contributed by atoms with Crippen molar-refractivity contribution in [1.82, 2.24) is 0 Å². The lowest BCUT2D eigenvalue weighted by Crippen LogP contribution is -2.23. The van der Waals surface area contributed by atoms with E-state index in [0.717, 1.165) is 12.2 Å². The second-order valence-electron chi connectivity index (χ2n) is 5.37. The Kier molecular flexibility index (Phi) is 5.21. The molecule has 0 saturated heterocycles. The Balaban J connectivity index is 0.00000162. The van der Waals surface area contributed by atoms with Gasteiger partial charge in [0, 0.05) is 12.2 Å². The van der Waals surface area contributed by atoms with Crippen LogP contribution in [0.1, 0.15) is 33.1 Å². The van der Waals surface area contributed by atoms with Crippen molar-refractivity contribution >= 4 is 18.1 Å². The summed E-state index contributed by atoms with van der Waals surface area (Å²) in [5, 5.41) is 3.30. The lowest BCUT2D eigenvalue weighted by Gasteiger charge is -2.32. The Hall–Kier alpha value is -1.02. The highest BCUT2D eigenvalue weighted by Gasteiger charge is 2.24. The number of rotatable bonds is 3. The summed E-state index contributed by atoms with van der Waals surface area (Å²) in [5.41, 5.74) is 2.57. The Morgan fingerprint density at radius 3 is 2.78 bits per heavy atom. The molecule has 0 heterocycles. The highest BCUT2D eigenvalue weighted by molar-refractivity contribution is 5.85. The number of nitrogens with one attached hydrogen (secondary N) is 1. The fourth-order valence-electron chi connectivity index (χ4n) is 2.36. The third kappa shape index (κ3) is 3.74. The normalized spacial score (nSPS) is 17.6. The smallest absolute Gasteiger partial charge is 0.125 e. The van der Waals surface area contributed by atoms with Gasteiger partial charge in [0.05, 0.1) is 0 Å². The Morgan fingerprint density at radius 2 is 2.11 bits per heavy atom. The number of hydrogen-bond acceptors (Lipinski definition) is 1. The average Bonchev–Trinajstić information content (AvgIpc) is 2.27. The van der Waals surface area contributed by atoms with Crippen LogP contribution < -0.4 is 5.32 Å². The zero-order valence-corrected chi connectivity index (χ0v) is 11.8. The van der Waals surface area contributed by atoms with Crippen LogP contribution in [0.25, 0.3) is 0 Å². The molecule has 0 bridgehead atoms. The van der Waals surface area contributed by atoms with Crippen molar-refractivity contribution in [3.63, 3.8) is 0 Å². The molecular weight excluding hydrogens is 249 g/mol. The van der Waals surface area contributed by atoms with Gasteiger partial charge in [0.25, 0.3) is 0 Å². The topological polar surface area (TPSA) is 12.0 Å². The SMILES string of the molecule is CC1(C)CCCC=C1CNc1cccc(F)c1.Cl. The summed E-state index contributed by atoms with van der Waals surface area (Å²) in [7, 11) is 0. The molecule has 0 spiro atoms. The van der Waals surface area contributed by atoms with Crippen molar-refractivity contribution in [2.75, 3.05) is 11.9 Å². The van der Waals surface area contributed by atoms with Crippen LogP contribution in [0.3, 0.4) is 0 Å². The summed E-state index contributed by atoms with van der Waals surface area (Å²) in [5.74, 6) is -0.188. The molecule has 0 atom stereocenters. The van der Waals surface area contributed by atoms with Gasteiger partial charge < -0.3 is 5.32 Å². The van der Waals surface area contributed by atoms with Crippen molar-refractivity contribution in [2.45, 2.75) is 33.1 Å². The Morgan fingerprint density at radius 1 is 1.33 bits per heavy atom. The predicted octanol–water partition coefficient (Wildman–Crippen LogP) is 4.80. The van der Waals surface area contributed by atoms with Gasteiger partial charge in [-0.1, -0.05) is 26.0 Å². The van der Waals surface area contributed by atoms with E-state index in [1.165, 1.54) is 37.0 Å². The molecule has 0 fully saturated rings. The molecule has 0 unspecified atom stereocenters. The second-order valence-corrected chi connectivity index (χ2v) is 5.37. The third-order valence-electron chi connectivity index (χ3n) is 3.57. The number of hydrogen-bond donors (Lipinski definition) is 1. The lowest BCUT2D eigenvalue weighted by atomic mass is 9.75. The van der Waals surface area contributed by atoms with Gasteiger partial charge in [-0.05, 0) is 48.4 Å². The predicted molar refractivity (Wildman–Crippen MR) is 77.9 cm³/mol. The van der Waals surface area contributed by atoms with Gasteiger partial charge in [-0.15, -0.1) is 12.4 Å². The fraction of sp³-hybridized carbons (Fsp3) is 0.467. The fourth-order valence-corrected chi connectivity index (χ4v) is 2.36. The van der Waals surface area contributed by atoms with Crippen molar-refractivity contribution in [3.05, 3.63) is 41.7 Å². The number of allylic oxidation sites excluding steroid dienone is 1. The first kappa shape index (κ1) is 15.0. The maximum absolute atomic E-state index is 13.0. The molecule has 0 saturated carbocycles. The van der Waals surface area contributed by atoms with Gasteiger partial charge in [-0.25, -0.2) is 4.39 Å². The zero-order valence-electron chi connectivity index (χ0n) is 11.0. The largest absolute Gasteiger partial charge is 0.381 e. The molecule has 0 amide bonds. The molecule has 3 heteroatoms. The maximum Gasteiger partial charge on any atom is 0.125 e. The van der Waals surface area contributed by atoms with Crippen molar-refractivity contribution in [2.24, 2.45) is 5.41 Å². The molecule has 1 aromatic carbocycles. The third-order valence-corrected chi connectivity index (χ3v) is 3.57. The van der Waals surface area contributed by atoms with Crippen LogP contribution in [0.5, 0.6) is 0 Å². The van der Waals surface area contributed by atoms with Gasteiger partial charge >= 0.3 is 0 Å². The quantitative estimate of drug-likeness (QED) is 0.778. The van der Waals surface area contributed by atoms with Crippen molar-refractivity contribution in [1.29, 1.82) is 0 Å². The first-order valence-corrected chi connectivity index (χ1v) is 6.27. The highest BCUT2D eigenvalue weighted by Crippen LogP contribution is 2.36. The molecule has 2 rings (SSSR count). The molecule has 0 aliphatic heterocycles. The summed E-state index contributed by atoms with van der Waals surface area (Å²) in [4.78, 5) is 0. The van der Waals surface area contributed by atoms with E-state index in [-0.39, 0.29) is 23.6 Å². The highest BCUT2D eigenvalue weighted by atomic mass is 35.5. The molecular formula is C15H21ClFN. The van der Waals surface area contributed by atoms with Gasteiger partial charge in [0.2, 0.25) is 0 Å². The van der Waals surface area contributed by atoms with Crippen molar-refractivity contribution < 1.29 is 4.39 Å². The summed E-state index contributed by atoms with van der Waals surface area (Å²) >= 11 is 0. The van der Waals surface area contributed by atoms with E-state index >= 15 is 0 Å². The molecule has 18 heavy (non-hydrogen) atoms. The molecule has 1 aliphatic rings. The number of benzene rings is 1. The van der Waals surface area contributed by atoms with E-state index in [9.17, 15) is 4.39 Å². The first-order chi connectivity index (χ1) is 8.08. The number of anilines is 1. The minimum absolute atomic E-state index is 0. The molecule has 0 aromatic heterocycles. The molecule has 1 nitrogen and oxygen atoms in total. The van der Waals surface area contributed by atoms with E-state index in [4.69, 9.17) is 0 Å². The van der Waals surface area contributed by atoms with Crippen LogP contribution in [-0.4, -0.2) is 6.54 Å². The van der Waals surface area contributed by atoms with Crippen LogP contribution in [0.4, 0.5) is 10.1 Å². The molecule has 1 N–H and O–H groups in total. The molecule has 100 valence electrons. The van der Waals surface area contributed by atoms with E-state index in [2.05, 4.69) is 25.2 Å². The van der Waals surface area contributed by atoms with E-state index < -0.39 is 0 Å². The summed E-state index contributed by atoms with van der Waals surface area (Å²) in [6, 6.07) is 6.64. The van der Waals surface area contributed by atoms with Crippen LogP contribution >= 0.6 is 12.4 Å². The van der Waals surface area contributed by atoms with Gasteiger partial charge in [0.1, 0.15) is 5.82 Å². The van der Waals surface area contributed by atoms with E-state index in [1.807, 2.05) is 6.07 Å². The Labute approximate surface area is 115 Å². The second kappa shape index (κ2) is 6.24. The van der Waals surface area contributed by atoms with Crippen LogP contribution in [0.15, 0.2) is 35.9 Å². The van der Waals surface area contributed by atoms with E-state index in [0.29, 0.717) is 0 Å². The van der Waals surface area contributed by atoms with Gasteiger partial charge in [0.15, 0.2) is 0 Å². The monoisotopic (exact) mass is 269 g/mol. The molecule has 1 aromatic rings. The summed E-state index contributed by atoms with van der Waals surface area (Å²) in [6.07, 6.45) is 6.01. The first-order valence-electron chi connectivity index (χ1n) is 6.27. The zero-order chi connectivity index (χ0) is 12.3. The molecule has 1 aliphatic carbocycles. The summed E-state index contributed by atoms with van der Waals surface area (Å²) < 4.78 is 13.0. The van der Waals surface area contributed by atoms with Crippen LogP contribution in [0.2, 0.25) is 0 Å².